The fourth-order valence-electron chi connectivity index (χ4n) is 2.99. The van der Waals surface area contributed by atoms with Gasteiger partial charge in [-0.2, -0.15) is 5.26 Å². The molecule has 1 N–H and O–H groups in total. The van der Waals surface area contributed by atoms with Crippen LogP contribution >= 0.6 is 0 Å². The number of fused-ring (bicyclic) bond motifs is 1. The number of nitrogens with zero attached hydrogens (tertiary/aromatic N) is 4. The van der Waals surface area contributed by atoms with Gasteiger partial charge in [-0.25, -0.2) is 4.98 Å². The standard InChI is InChI=1S/C19H21N5O3/c1-3-21-18(25)14(12-20)11-15-17(23-7-9-27-10-8-23)22-16-13(2)5-4-6-24(16)19(15)26/h4-6,11H,3,7-10H2,1-2H3,(H,21,25). The van der Waals surface area contributed by atoms with Crippen LogP contribution in [0.25, 0.3) is 11.7 Å². The first kappa shape index (κ1) is 18.6. The predicted octanol–water partition coefficient (Wildman–Crippen LogP) is 0.883. The molecule has 1 fully saturated rings. The number of rotatable bonds is 4. The molecule has 3 rings (SSSR count). The van der Waals surface area contributed by atoms with Gasteiger partial charge in [0.15, 0.2) is 0 Å². The van der Waals surface area contributed by atoms with Crippen LogP contribution in [0.2, 0.25) is 0 Å². The number of ether oxygens (including phenoxy) is 1. The van der Waals surface area contributed by atoms with Crippen molar-refractivity contribution in [3.63, 3.8) is 0 Å². The molecule has 0 aromatic carbocycles. The molecule has 2 aromatic rings. The molecule has 0 aliphatic carbocycles. The Bertz CT molecular complexity index is 997. The van der Waals surface area contributed by atoms with Crippen molar-refractivity contribution in [2.24, 2.45) is 0 Å². The van der Waals surface area contributed by atoms with E-state index in [2.05, 4.69) is 5.32 Å². The number of morpholine rings is 1. The highest BCUT2D eigenvalue weighted by Crippen LogP contribution is 2.21. The minimum absolute atomic E-state index is 0.127. The Morgan fingerprint density at radius 2 is 2.19 bits per heavy atom. The minimum atomic E-state index is -0.512. The summed E-state index contributed by atoms with van der Waals surface area (Å²) in [5.74, 6) is -0.0451. The van der Waals surface area contributed by atoms with Crippen LogP contribution in [0.15, 0.2) is 28.7 Å². The molecular weight excluding hydrogens is 346 g/mol. The SMILES string of the molecule is CCNC(=O)C(C#N)=Cc1c(N2CCOCC2)nc2c(C)cccn2c1=O. The highest BCUT2D eigenvalue weighted by atomic mass is 16.5. The van der Waals surface area contributed by atoms with Gasteiger partial charge in [0, 0.05) is 25.8 Å². The number of anilines is 1. The second-order valence-corrected chi connectivity index (χ2v) is 6.17. The zero-order valence-corrected chi connectivity index (χ0v) is 15.4. The lowest BCUT2D eigenvalue weighted by molar-refractivity contribution is -0.116. The molecule has 8 nitrogen and oxygen atoms in total. The number of likely N-dealkylation sites (N-methyl/N-ethyl adjacent to an activating group) is 1. The van der Waals surface area contributed by atoms with E-state index in [0.717, 1.165) is 5.56 Å². The monoisotopic (exact) mass is 367 g/mol. The predicted molar refractivity (Wildman–Crippen MR) is 102 cm³/mol. The topological polar surface area (TPSA) is 99.7 Å². The maximum absolute atomic E-state index is 13.2. The fourth-order valence-corrected chi connectivity index (χ4v) is 2.99. The average Bonchev–Trinajstić information content (AvgIpc) is 2.68. The summed E-state index contributed by atoms with van der Waals surface area (Å²) in [5.41, 5.74) is 1.20. The molecule has 0 atom stereocenters. The summed E-state index contributed by atoms with van der Waals surface area (Å²) in [6.45, 7) is 6.26. The number of hydrogen-bond donors (Lipinski definition) is 1. The van der Waals surface area contributed by atoms with E-state index in [1.807, 2.05) is 24.0 Å². The normalized spacial score (nSPS) is 14.9. The van der Waals surface area contributed by atoms with Crippen LogP contribution in [-0.4, -0.2) is 48.1 Å². The first-order valence-electron chi connectivity index (χ1n) is 8.81. The highest BCUT2D eigenvalue weighted by molar-refractivity contribution is 6.02. The van der Waals surface area contributed by atoms with E-state index in [1.54, 1.807) is 19.2 Å². The van der Waals surface area contributed by atoms with Crippen LogP contribution in [0, 0.1) is 18.3 Å². The zero-order valence-electron chi connectivity index (χ0n) is 15.4. The molecule has 0 unspecified atom stereocenters. The van der Waals surface area contributed by atoms with E-state index < -0.39 is 5.91 Å². The van der Waals surface area contributed by atoms with Crippen LogP contribution in [-0.2, 0) is 9.53 Å². The fraction of sp³-hybridized carbons (Fsp3) is 0.368. The smallest absolute Gasteiger partial charge is 0.267 e. The van der Waals surface area contributed by atoms with Gasteiger partial charge in [-0.1, -0.05) is 6.07 Å². The first-order chi connectivity index (χ1) is 13.1. The van der Waals surface area contributed by atoms with Gasteiger partial charge in [0.1, 0.15) is 23.1 Å². The third kappa shape index (κ3) is 3.68. The molecule has 1 aliphatic heterocycles. The Balaban J connectivity index is 2.25. The number of aryl methyl sites for hydroxylation is 1. The van der Waals surface area contributed by atoms with Gasteiger partial charge in [-0.3, -0.25) is 14.0 Å². The highest BCUT2D eigenvalue weighted by Gasteiger charge is 2.21. The van der Waals surface area contributed by atoms with Crippen molar-refractivity contribution in [1.82, 2.24) is 14.7 Å². The van der Waals surface area contributed by atoms with E-state index in [-0.39, 0.29) is 16.7 Å². The van der Waals surface area contributed by atoms with Gasteiger partial charge in [-0.05, 0) is 31.6 Å². The Morgan fingerprint density at radius 3 is 2.85 bits per heavy atom. The van der Waals surface area contributed by atoms with Crippen LogP contribution in [0.1, 0.15) is 18.1 Å². The summed E-state index contributed by atoms with van der Waals surface area (Å²) in [6.07, 6.45) is 2.97. The summed E-state index contributed by atoms with van der Waals surface area (Å²) in [5, 5.41) is 12.0. The Labute approximate surface area is 156 Å². The molecule has 0 spiro atoms. The van der Waals surface area contributed by atoms with Crippen molar-refractivity contribution in [1.29, 1.82) is 5.26 Å². The van der Waals surface area contributed by atoms with E-state index >= 15 is 0 Å². The third-order valence-electron chi connectivity index (χ3n) is 4.37. The molecule has 3 heterocycles. The number of nitriles is 1. The molecule has 27 heavy (non-hydrogen) atoms. The second-order valence-electron chi connectivity index (χ2n) is 6.17. The number of nitrogens with one attached hydrogen (secondary N) is 1. The van der Waals surface area contributed by atoms with Crippen LogP contribution in [0.4, 0.5) is 5.82 Å². The minimum Gasteiger partial charge on any atom is -0.378 e. The van der Waals surface area contributed by atoms with Crippen molar-refractivity contribution in [2.45, 2.75) is 13.8 Å². The molecule has 0 radical (unpaired) electrons. The number of carbonyl (C=O) groups excluding carboxylic acids is 1. The number of carbonyl (C=O) groups is 1. The van der Waals surface area contributed by atoms with Crippen molar-refractivity contribution in [3.05, 3.63) is 45.4 Å². The second kappa shape index (κ2) is 8.01. The zero-order chi connectivity index (χ0) is 19.4. The van der Waals surface area contributed by atoms with E-state index in [1.165, 1.54) is 10.5 Å². The quantitative estimate of drug-likeness (QED) is 0.636. The number of hydrogen-bond acceptors (Lipinski definition) is 6. The largest absolute Gasteiger partial charge is 0.378 e. The number of pyridine rings is 1. The first-order valence-corrected chi connectivity index (χ1v) is 8.81. The van der Waals surface area contributed by atoms with Crippen molar-refractivity contribution < 1.29 is 9.53 Å². The van der Waals surface area contributed by atoms with Crippen molar-refractivity contribution >= 4 is 23.4 Å². The summed E-state index contributed by atoms with van der Waals surface area (Å²) in [4.78, 5) is 31.9. The molecule has 1 aliphatic rings. The van der Waals surface area contributed by atoms with Crippen molar-refractivity contribution in [3.8, 4) is 6.07 Å². The van der Waals surface area contributed by atoms with Crippen LogP contribution in [0.5, 0.6) is 0 Å². The summed E-state index contributed by atoms with van der Waals surface area (Å²) >= 11 is 0. The summed E-state index contributed by atoms with van der Waals surface area (Å²) in [6, 6.07) is 5.53. The van der Waals surface area contributed by atoms with Gasteiger partial charge < -0.3 is 15.0 Å². The Kier molecular flexibility index (Phi) is 5.52. The molecule has 1 amide bonds. The molecule has 1 saturated heterocycles. The van der Waals surface area contributed by atoms with E-state index in [9.17, 15) is 14.9 Å². The van der Waals surface area contributed by atoms with Crippen LogP contribution in [0.3, 0.4) is 0 Å². The van der Waals surface area contributed by atoms with Gasteiger partial charge in [0.05, 0.1) is 18.8 Å². The maximum Gasteiger partial charge on any atom is 0.267 e. The summed E-state index contributed by atoms with van der Waals surface area (Å²) < 4.78 is 6.83. The van der Waals surface area contributed by atoms with Crippen LogP contribution < -0.4 is 15.8 Å². The van der Waals surface area contributed by atoms with E-state index in [0.29, 0.717) is 44.3 Å². The van der Waals surface area contributed by atoms with Gasteiger partial charge in [0.2, 0.25) is 0 Å². The number of amides is 1. The third-order valence-corrected chi connectivity index (χ3v) is 4.37. The Morgan fingerprint density at radius 1 is 1.44 bits per heavy atom. The molecule has 8 heteroatoms. The lowest BCUT2D eigenvalue weighted by atomic mass is 10.1. The molecule has 0 saturated carbocycles. The van der Waals surface area contributed by atoms with Gasteiger partial charge in [0.25, 0.3) is 11.5 Å². The van der Waals surface area contributed by atoms with Crippen molar-refractivity contribution in [2.75, 3.05) is 37.7 Å². The lowest BCUT2D eigenvalue weighted by Crippen LogP contribution is -2.39. The molecule has 140 valence electrons. The maximum atomic E-state index is 13.2. The van der Waals surface area contributed by atoms with E-state index in [4.69, 9.17) is 9.72 Å². The number of aromatic nitrogens is 2. The average molecular weight is 367 g/mol. The van der Waals surface area contributed by atoms with Gasteiger partial charge in [-0.15, -0.1) is 0 Å². The Hall–Kier alpha value is -3.18. The summed E-state index contributed by atoms with van der Waals surface area (Å²) in [7, 11) is 0. The molecule has 0 bridgehead atoms. The lowest BCUT2D eigenvalue weighted by Gasteiger charge is -2.29. The molecule has 2 aromatic heterocycles. The molecular formula is C19H21N5O3. The van der Waals surface area contributed by atoms with Gasteiger partial charge >= 0.3 is 0 Å².